The van der Waals surface area contributed by atoms with Crippen LogP contribution in [0.4, 0.5) is 0 Å². The number of carbonyl (C=O) groups is 2. The molecular weight excluding hydrogens is 374 g/mol. The fraction of sp³-hybridized carbons (Fsp3) is 0.920. The molecule has 0 bridgehead atoms. The van der Waals surface area contributed by atoms with Gasteiger partial charge >= 0.3 is 0 Å². The van der Waals surface area contributed by atoms with Crippen molar-refractivity contribution in [3.05, 3.63) is 0 Å². The van der Waals surface area contributed by atoms with Gasteiger partial charge in [0.2, 0.25) is 11.8 Å². The molecule has 5 aliphatic rings. The van der Waals surface area contributed by atoms with E-state index in [1.165, 1.54) is 38.6 Å². The van der Waals surface area contributed by atoms with Gasteiger partial charge < -0.3 is 15.1 Å². The largest absolute Gasteiger partial charge is 0.339 e. The first-order valence-electron chi connectivity index (χ1n) is 12.8. The smallest absolute Gasteiger partial charge is 0.228 e. The van der Waals surface area contributed by atoms with Crippen molar-refractivity contribution in [2.45, 2.75) is 77.7 Å². The van der Waals surface area contributed by atoms with Gasteiger partial charge in [-0.2, -0.15) is 0 Å². The van der Waals surface area contributed by atoms with Crippen LogP contribution < -0.4 is 5.32 Å². The number of hydrogen-bond acceptors (Lipinski definition) is 3. The van der Waals surface area contributed by atoms with Crippen molar-refractivity contribution in [3.8, 4) is 0 Å². The molecule has 6 unspecified atom stereocenters. The van der Waals surface area contributed by atoms with E-state index in [0.717, 1.165) is 75.7 Å². The number of nitrogens with zero attached hydrogens (tertiary/aromatic N) is 2. The summed E-state index contributed by atoms with van der Waals surface area (Å²) in [4.78, 5) is 29.9. The van der Waals surface area contributed by atoms with Crippen LogP contribution in [-0.2, 0) is 9.59 Å². The van der Waals surface area contributed by atoms with Crippen molar-refractivity contribution in [1.29, 1.82) is 0 Å². The molecule has 1 N–H and O–H groups in total. The van der Waals surface area contributed by atoms with Crippen molar-refractivity contribution in [1.82, 2.24) is 15.1 Å². The van der Waals surface area contributed by atoms with Crippen LogP contribution in [0.1, 0.15) is 71.6 Å². The number of fused-ring (bicyclic) bond motifs is 1. The molecule has 0 radical (unpaired) electrons. The van der Waals surface area contributed by atoms with Gasteiger partial charge in [0.25, 0.3) is 0 Å². The second-order valence-electron chi connectivity index (χ2n) is 11.5. The van der Waals surface area contributed by atoms with Crippen molar-refractivity contribution in [2.24, 2.45) is 35.0 Å². The Balaban J connectivity index is 1.11. The lowest BCUT2D eigenvalue weighted by Gasteiger charge is -2.44. The van der Waals surface area contributed by atoms with E-state index in [9.17, 15) is 9.59 Å². The molecule has 0 aromatic heterocycles. The minimum absolute atomic E-state index is 0.0901. The van der Waals surface area contributed by atoms with Crippen LogP contribution in [0.2, 0.25) is 0 Å². The van der Waals surface area contributed by atoms with Gasteiger partial charge in [-0.1, -0.05) is 13.8 Å². The molecular formula is C25H41N3O2. The standard InChI is InChI=1S/C25H41N3O2/c1-17-15-20(5-6-21(17)19-4-3-18-7-10-26-22(18)16-19)23(29)27-11-13-28(14-12-27)24(30)25(2)8-9-25/h17-22,26H,3-16H2,1-2H3. The summed E-state index contributed by atoms with van der Waals surface area (Å²) < 4.78 is 0. The summed E-state index contributed by atoms with van der Waals surface area (Å²) in [5, 5.41) is 3.75. The monoisotopic (exact) mass is 415 g/mol. The third-order valence-electron chi connectivity index (χ3n) is 9.54. The highest BCUT2D eigenvalue weighted by atomic mass is 16.2. The third-order valence-corrected chi connectivity index (χ3v) is 9.54. The van der Waals surface area contributed by atoms with E-state index in [1.807, 2.05) is 4.90 Å². The maximum absolute atomic E-state index is 13.2. The average Bonchev–Trinajstić information content (AvgIpc) is 3.34. The number of hydrogen-bond donors (Lipinski definition) is 1. The Hall–Kier alpha value is -1.10. The predicted octanol–water partition coefficient (Wildman–Crippen LogP) is 3.29. The SMILES string of the molecule is CC1CC(C(=O)N2CCN(C(=O)C3(C)CC3)CC2)CCC1C1CCC2CCNC2C1. The lowest BCUT2D eigenvalue weighted by molar-refractivity contribution is -0.145. The molecule has 5 rings (SSSR count). The van der Waals surface area contributed by atoms with Gasteiger partial charge in [-0.05, 0) is 88.0 Å². The molecule has 6 atom stereocenters. The van der Waals surface area contributed by atoms with E-state index >= 15 is 0 Å². The molecule has 5 heteroatoms. The minimum Gasteiger partial charge on any atom is -0.339 e. The van der Waals surface area contributed by atoms with Gasteiger partial charge in [-0.3, -0.25) is 9.59 Å². The van der Waals surface area contributed by atoms with E-state index in [1.54, 1.807) is 0 Å². The van der Waals surface area contributed by atoms with Crippen LogP contribution >= 0.6 is 0 Å². The molecule has 2 saturated heterocycles. The van der Waals surface area contributed by atoms with Crippen LogP contribution in [0.3, 0.4) is 0 Å². The Kier molecular flexibility index (Phi) is 5.62. The Morgan fingerprint density at radius 3 is 2.27 bits per heavy atom. The molecule has 2 heterocycles. The van der Waals surface area contributed by atoms with Gasteiger partial charge in [0.05, 0.1) is 0 Å². The number of piperazine rings is 1. The number of amides is 2. The van der Waals surface area contributed by atoms with Crippen LogP contribution in [0, 0.1) is 35.0 Å². The Morgan fingerprint density at radius 2 is 1.57 bits per heavy atom. The number of rotatable bonds is 3. The highest BCUT2D eigenvalue weighted by Gasteiger charge is 2.48. The summed E-state index contributed by atoms with van der Waals surface area (Å²) in [5.41, 5.74) is -0.0901. The summed E-state index contributed by atoms with van der Waals surface area (Å²) in [6, 6.07) is 0.771. The maximum atomic E-state index is 13.2. The van der Waals surface area contributed by atoms with E-state index in [4.69, 9.17) is 0 Å². The first kappa shape index (κ1) is 20.8. The van der Waals surface area contributed by atoms with Gasteiger partial charge in [0.15, 0.2) is 0 Å². The van der Waals surface area contributed by atoms with Gasteiger partial charge in [-0.15, -0.1) is 0 Å². The predicted molar refractivity (Wildman–Crippen MR) is 118 cm³/mol. The summed E-state index contributed by atoms with van der Waals surface area (Å²) in [6.07, 6.45) is 11.0. The molecule has 168 valence electrons. The maximum Gasteiger partial charge on any atom is 0.228 e. The topological polar surface area (TPSA) is 52.7 Å². The molecule has 3 aliphatic carbocycles. The van der Waals surface area contributed by atoms with Crippen molar-refractivity contribution >= 4 is 11.8 Å². The lowest BCUT2D eigenvalue weighted by Crippen LogP contribution is -2.53. The molecule has 0 spiro atoms. The first-order chi connectivity index (χ1) is 14.4. The fourth-order valence-corrected chi connectivity index (χ4v) is 7.22. The fourth-order valence-electron chi connectivity index (χ4n) is 7.22. The lowest BCUT2D eigenvalue weighted by atomic mass is 9.64. The van der Waals surface area contributed by atoms with Crippen molar-refractivity contribution in [3.63, 3.8) is 0 Å². The Labute approximate surface area is 182 Å². The highest BCUT2D eigenvalue weighted by Crippen LogP contribution is 2.47. The van der Waals surface area contributed by atoms with E-state index in [2.05, 4.69) is 24.1 Å². The molecule has 3 saturated carbocycles. The summed E-state index contributed by atoms with van der Waals surface area (Å²) >= 11 is 0. The van der Waals surface area contributed by atoms with Crippen LogP contribution in [0.25, 0.3) is 0 Å². The summed E-state index contributed by atoms with van der Waals surface area (Å²) in [6.45, 7) is 8.62. The quantitative estimate of drug-likeness (QED) is 0.770. The van der Waals surface area contributed by atoms with Gasteiger partial charge in [0, 0.05) is 43.6 Å². The average molecular weight is 416 g/mol. The van der Waals surface area contributed by atoms with Crippen molar-refractivity contribution in [2.75, 3.05) is 32.7 Å². The minimum atomic E-state index is -0.0901. The molecule has 0 aromatic rings. The summed E-state index contributed by atoms with van der Waals surface area (Å²) in [5.74, 6) is 4.16. The Morgan fingerprint density at radius 1 is 0.867 bits per heavy atom. The highest BCUT2D eigenvalue weighted by molar-refractivity contribution is 5.85. The van der Waals surface area contributed by atoms with Gasteiger partial charge in [0.1, 0.15) is 0 Å². The second-order valence-corrected chi connectivity index (χ2v) is 11.5. The zero-order valence-corrected chi connectivity index (χ0v) is 19.1. The first-order valence-corrected chi connectivity index (χ1v) is 12.8. The van der Waals surface area contributed by atoms with Gasteiger partial charge in [-0.25, -0.2) is 0 Å². The molecule has 0 aromatic carbocycles. The molecule has 30 heavy (non-hydrogen) atoms. The Bertz CT molecular complexity index is 667. The third kappa shape index (κ3) is 3.91. The second kappa shape index (κ2) is 8.11. The normalized spacial score (nSPS) is 40.7. The van der Waals surface area contributed by atoms with E-state index < -0.39 is 0 Å². The van der Waals surface area contributed by atoms with E-state index in [-0.39, 0.29) is 11.3 Å². The summed E-state index contributed by atoms with van der Waals surface area (Å²) in [7, 11) is 0. The molecule has 5 nitrogen and oxygen atoms in total. The zero-order valence-electron chi connectivity index (χ0n) is 19.1. The number of carbonyl (C=O) groups excluding carboxylic acids is 2. The number of nitrogens with one attached hydrogen (secondary N) is 1. The van der Waals surface area contributed by atoms with Crippen LogP contribution in [0.5, 0.6) is 0 Å². The molecule has 5 fully saturated rings. The zero-order chi connectivity index (χ0) is 20.9. The van der Waals surface area contributed by atoms with Crippen LogP contribution in [-0.4, -0.2) is 60.4 Å². The molecule has 2 amide bonds. The van der Waals surface area contributed by atoms with E-state index in [0.29, 0.717) is 17.7 Å². The van der Waals surface area contributed by atoms with Crippen LogP contribution in [0.15, 0.2) is 0 Å². The van der Waals surface area contributed by atoms with Crippen molar-refractivity contribution < 1.29 is 9.59 Å². The molecule has 2 aliphatic heterocycles.